The number of fused-ring (bicyclic) bond motifs is 3. The Hall–Kier alpha value is -1.09. The average molecular weight is 262 g/mol. The van der Waals surface area contributed by atoms with Crippen LogP contribution in [0, 0.1) is 23.7 Å². The van der Waals surface area contributed by atoms with E-state index in [-0.39, 0.29) is 23.9 Å². The Morgan fingerprint density at radius 3 is 3.05 bits per heavy atom. The Morgan fingerprint density at radius 2 is 2.32 bits per heavy atom. The first-order valence-corrected chi connectivity index (χ1v) is 7.17. The van der Waals surface area contributed by atoms with Gasteiger partial charge in [-0.15, -0.1) is 0 Å². The van der Waals surface area contributed by atoms with Gasteiger partial charge in [-0.2, -0.15) is 0 Å². The van der Waals surface area contributed by atoms with E-state index in [0.717, 1.165) is 19.3 Å². The third kappa shape index (κ3) is 1.95. The number of allylic oxidation sites excluding steroid dienone is 2. The van der Waals surface area contributed by atoms with E-state index in [0.29, 0.717) is 18.4 Å². The van der Waals surface area contributed by atoms with Gasteiger partial charge in [0.1, 0.15) is 6.10 Å². The van der Waals surface area contributed by atoms with Crippen molar-refractivity contribution < 1.29 is 14.3 Å². The second-order valence-electron chi connectivity index (χ2n) is 6.14. The fourth-order valence-electron chi connectivity index (χ4n) is 4.14. The molecule has 0 spiro atoms. The minimum atomic E-state index is -0.105. The predicted octanol–water partition coefficient (Wildman–Crippen LogP) is 2.72. The Kier molecular flexibility index (Phi) is 3.25. The highest BCUT2D eigenvalue weighted by Crippen LogP contribution is 2.50. The van der Waals surface area contributed by atoms with Gasteiger partial charge < -0.3 is 9.47 Å². The summed E-state index contributed by atoms with van der Waals surface area (Å²) in [6.07, 6.45) is 5.47. The van der Waals surface area contributed by atoms with Crippen LogP contribution in [0.25, 0.3) is 0 Å². The molecule has 1 saturated heterocycles. The summed E-state index contributed by atoms with van der Waals surface area (Å²) in [4.78, 5) is 12.1. The summed E-state index contributed by atoms with van der Waals surface area (Å²) in [6, 6.07) is 0. The van der Waals surface area contributed by atoms with Crippen molar-refractivity contribution in [2.75, 3.05) is 13.7 Å². The lowest BCUT2D eigenvalue weighted by molar-refractivity contribution is -0.146. The molecule has 5 unspecified atom stereocenters. The van der Waals surface area contributed by atoms with E-state index in [4.69, 9.17) is 9.47 Å². The predicted molar refractivity (Wildman–Crippen MR) is 72.5 cm³/mol. The molecule has 2 fully saturated rings. The van der Waals surface area contributed by atoms with Crippen molar-refractivity contribution in [3.8, 4) is 0 Å². The number of ether oxygens (including phenoxy) is 2. The van der Waals surface area contributed by atoms with Crippen LogP contribution < -0.4 is 0 Å². The number of methoxy groups -OCH3 is 1. The van der Waals surface area contributed by atoms with Crippen LogP contribution >= 0.6 is 0 Å². The zero-order valence-electron chi connectivity index (χ0n) is 11.7. The van der Waals surface area contributed by atoms with Crippen LogP contribution in [-0.4, -0.2) is 25.8 Å². The lowest BCUT2D eigenvalue weighted by atomic mass is 9.79. The van der Waals surface area contributed by atoms with Crippen molar-refractivity contribution in [3.05, 3.63) is 23.8 Å². The Balaban J connectivity index is 1.94. The fourth-order valence-corrected chi connectivity index (χ4v) is 4.14. The van der Waals surface area contributed by atoms with Gasteiger partial charge in [0, 0.05) is 18.9 Å². The summed E-state index contributed by atoms with van der Waals surface area (Å²) in [6.45, 7) is 6.90. The van der Waals surface area contributed by atoms with E-state index in [1.165, 1.54) is 11.1 Å². The van der Waals surface area contributed by atoms with Crippen molar-refractivity contribution in [2.45, 2.75) is 32.3 Å². The molecular formula is C16H22O3. The lowest BCUT2D eigenvalue weighted by Crippen LogP contribution is -2.31. The van der Waals surface area contributed by atoms with E-state index in [1.807, 2.05) is 0 Å². The molecular weight excluding hydrogens is 240 g/mol. The summed E-state index contributed by atoms with van der Waals surface area (Å²) < 4.78 is 10.9. The Labute approximate surface area is 114 Å². The molecule has 3 aliphatic rings. The highest BCUT2D eigenvalue weighted by Gasteiger charge is 2.52. The van der Waals surface area contributed by atoms with Crippen LogP contribution in [0.3, 0.4) is 0 Å². The third-order valence-electron chi connectivity index (χ3n) is 5.17. The highest BCUT2D eigenvalue weighted by atomic mass is 16.6. The van der Waals surface area contributed by atoms with Crippen molar-refractivity contribution in [2.24, 2.45) is 23.7 Å². The summed E-state index contributed by atoms with van der Waals surface area (Å²) in [7, 11) is 1.65. The summed E-state index contributed by atoms with van der Waals surface area (Å²) >= 11 is 0. The van der Waals surface area contributed by atoms with Gasteiger partial charge in [0.25, 0.3) is 0 Å². The van der Waals surface area contributed by atoms with Crippen molar-refractivity contribution in [1.29, 1.82) is 0 Å². The molecule has 1 aliphatic heterocycles. The highest BCUT2D eigenvalue weighted by molar-refractivity contribution is 5.75. The summed E-state index contributed by atoms with van der Waals surface area (Å²) in [5.74, 6) is 0.924. The first-order valence-electron chi connectivity index (χ1n) is 7.17. The molecule has 0 aromatic heterocycles. The van der Waals surface area contributed by atoms with E-state index < -0.39 is 0 Å². The number of hydrogen-bond donors (Lipinski definition) is 0. The van der Waals surface area contributed by atoms with Gasteiger partial charge in [-0.05, 0) is 32.1 Å². The molecule has 104 valence electrons. The topological polar surface area (TPSA) is 35.5 Å². The van der Waals surface area contributed by atoms with Crippen LogP contribution in [0.15, 0.2) is 23.8 Å². The largest absolute Gasteiger partial charge is 0.461 e. The number of esters is 1. The minimum Gasteiger partial charge on any atom is -0.461 e. The third-order valence-corrected chi connectivity index (χ3v) is 5.17. The molecule has 0 aromatic carbocycles. The quantitative estimate of drug-likeness (QED) is 0.567. The molecule has 3 nitrogen and oxygen atoms in total. The summed E-state index contributed by atoms with van der Waals surface area (Å²) in [5, 5.41) is 0. The Bertz CT molecular complexity index is 437. The molecule has 1 heterocycles. The van der Waals surface area contributed by atoms with E-state index >= 15 is 0 Å². The summed E-state index contributed by atoms with van der Waals surface area (Å²) in [5.41, 5.74) is 2.71. The van der Waals surface area contributed by atoms with Crippen LogP contribution in [0.4, 0.5) is 0 Å². The van der Waals surface area contributed by atoms with Crippen LogP contribution in [0.1, 0.15) is 26.2 Å². The molecule has 3 rings (SSSR count). The van der Waals surface area contributed by atoms with Crippen molar-refractivity contribution in [3.63, 3.8) is 0 Å². The minimum absolute atomic E-state index is 0.0151. The van der Waals surface area contributed by atoms with Gasteiger partial charge in [0.05, 0.1) is 12.5 Å². The van der Waals surface area contributed by atoms with Crippen molar-refractivity contribution in [1.82, 2.24) is 0 Å². The molecule has 1 saturated carbocycles. The van der Waals surface area contributed by atoms with Gasteiger partial charge in [-0.1, -0.05) is 23.8 Å². The zero-order valence-corrected chi connectivity index (χ0v) is 11.7. The van der Waals surface area contributed by atoms with Gasteiger partial charge in [0.15, 0.2) is 0 Å². The molecule has 0 aromatic rings. The lowest BCUT2D eigenvalue weighted by Gasteiger charge is -2.27. The number of hydrogen-bond acceptors (Lipinski definition) is 3. The smallest absolute Gasteiger partial charge is 0.312 e. The van der Waals surface area contributed by atoms with Crippen LogP contribution in [0.5, 0.6) is 0 Å². The maximum Gasteiger partial charge on any atom is 0.312 e. The van der Waals surface area contributed by atoms with Crippen LogP contribution in [0.2, 0.25) is 0 Å². The number of rotatable bonds is 2. The molecule has 19 heavy (non-hydrogen) atoms. The van der Waals surface area contributed by atoms with E-state index in [1.54, 1.807) is 7.11 Å². The molecule has 3 heteroatoms. The SMILES string of the molecule is C=C1CCC2C(C)=CCC3C(COC)C(=O)OC3C12. The second kappa shape index (κ2) is 4.78. The normalized spacial score (nSPS) is 41.4. The van der Waals surface area contributed by atoms with Gasteiger partial charge in [0.2, 0.25) is 0 Å². The molecule has 0 bridgehead atoms. The molecule has 0 N–H and O–H groups in total. The first kappa shape index (κ1) is 12.9. The number of carbonyl (C=O) groups excluding carboxylic acids is 1. The van der Waals surface area contributed by atoms with Crippen molar-refractivity contribution >= 4 is 5.97 Å². The van der Waals surface area contributed by atoms with Gasteiger partial charge in [-0.25, -0.2) is 0 Å². The second-order valence-corrected chi connectivity index (χ2v) is 6.14. The Morgan fingerprint density at radius 1 is 1.53 bits per heavy atom. The van der Waals surface area contributed by atoms with Gasteiger partial charge in [-0.3, -0.25) is 4.79 Å². The van der Waals surface area contributed by atoms with Crippen LogP contribution in [-0.2, 0) is 14.3 Å². The molecule has 2 aliphatic carbocycles. The fraction of sp³-hybridized carbons (Fsp3) is 0.688. The monoisotopic (exact) mass is 262 g/mol. The first-order chi connectivity index (χ1) is 9.13. The number of carbonyl (C=O) groups is 1. The average Bonchev–Trinajstić information content (AvgIpc) is 2.85. The standard InChI is InChI=1S/C16H22O3/c1-9-4-7-12-13(8-18-3)16(17)19-15(12)14-10(2)5-6-11(9)14/h4,11-15H,2,5-8H2,1,3H3. The maximum absolute atomic E-state index is 12.1. The molecule has 0 amide bonds. The van der Waals surface area contributed by atoms with E-state index in [2.05, 4.69) is 19.6 Å². The molecule has 5 atom stereocenters. The van der Waals surface area contributed by atoms with E-state index in [9.17, 15) is 4.79 Å². The zero-order chi connectivity index (χ0) is 13.6. The molecule has 0 radical (unpaired) electrons. The maximum atomic E-state index is 12.1. The van der Waals surface area contributed by atoms with Gasteiger partial charge >= 0.3 is 5.97 Å².